The number of carboxylic acids is 1. The van der Waals surface area contributed by atoms with Crippen LogP contribution >= 0.6 is 0 Å². The SMILES string of the molecule is CC(C)(C)c1ccc(C(=O)Nc2ccc(Oc3cc(Oc4ccc(NC(=O)c5ccc(C(C)(C)C)cc5)cc4)cc(C(=O)O)c3)cc2)cc1. The van der Waals surface area contributed by atoms with Crippen LogP contribution < -0.4 is 20.1 Å². The third kappa shape index (κ3) is 9.14. The predicted molar refractivity (Wildman–Crippen MR) is 193 cm³/mol. The van der Waals surface area contributed by atoms with E-state index in [1.165, 1.54) is 12.1 Å². The average molecular weight is 657 g/mol. The summed E-state index contributed by atoms with van der Waals surface area (Å²) in [6, 6.07) is 33.0. The van der Waals surface area contributed by atoms with Gasteiger partial charge in [-0.15, -0.1) is 0 Å². The average Bonchev–Trinajstić information content (AvgIpc) is 3.06. The van der Waals surface area contributed by atoms with Gasteiger partial charge in [0.05, 0.1) is 5.56 Å². The fourth-order valence-corrected chi connectivity index (χ4v) is 4.95. The van der Waals surface area contributed by atoms with Crippen LogP contribution in [0.4, 0.5) is 11.4 Å². The number of hydrogen-bond acceptors (Lipinski definition) is 5. The number of carboxylic acid groups (broad SMARTS) is 1. The summed E-state index contributed by atoms with van der Waals surface area (Å²) in [4.78, 5) is 37.4. The summed E-state index contributed by atoms with van der Waals surface area (Å²) in [6.45, 7) is 12.7. The summed E-state index contributed by atoms with van der Waals surface area (Å²) in [7, 11) is 0. The molecule has 8 nitrogen and oxygen atoms in total. The highest BCUT2D eigenvalue weighted by atomic mass is 16.5. The van der Waals surface area contributed by atoms with Gasteiger partial charge in [0, 0.05) is 28.6 Å². The first-order valence-electron chi connectivity index (χ1n) is 15.9. The van der Waals surface area contributed by atoms with Gasteiger partial charge >= 0.3 is 5.97 Å². The van der Waals surface area contributed by atoms with E-state index in [2.05, 4.69) is 52.2 Å². The van der Waals surface area contributed by atoms with Crippen molar-refractivity contribution in [1.82, 2.24) is 0 Å². The van der Waals surface area contributed by atoms with E-state index in [-0.39, 0.29) is 39.7 Å². The highest BCUT2D eigenvalue weighted by Gasteiger charge is 2.16. The van der Waals surface area contributed by atoms with Gasteiger partial charge in [-0.1, -0.05) is 65.8 Å². The Morgan fingerprint density at radius 2 is 0.816 bits per heavy atom. The Morgan fingerprint density at radius 1 is 0.469 bits per heavy atom. The second-order valence-electron chi connectivity index (χ2n) is 13.8. The molecule has 2 amide bonds. The van der Waals surface area contributed by atoms with Crippen LogP contribution in [-0.4, -0.2) is 22.9 Å². The Bertz CT molecular complexity index is 1820. The number of nitrogens with one attached hydrogen (secondary N) is 2. The van der Waals surface area contributed by atoms with Crippen LogP contribution in [0.2, 0.25) is 0 Å². The molecule has 0 heterocycles. The highest BCUT2D eigenvalue weighted by molar-refractivity contribution is 6.05. The van der Waals surface area contributed by atoms with Crippen molar-refractivity contribution in [2.24, 2.45) is 0 Å². The van der Waals surface area contributed by atoms with Crippen molar-refractivity contribution in [2.45, 2.75) is 52.4 Å². The van der Waals surface area contributed by atoms with E-state index in [1.807, 2.05) is 48.5 Å². The Balaban J connectivity index is 1.22. The largest absolute Gasteiger partial charge is 0.478 e. The number of ether oxygens (including phenoxy) is 2. The summed E-state index contributed by atoms with van der Waals surface area (Å²) in [6.07, 6.45) is 0. The van der Waals surface area contributed by atoms with Crippen LogP contribution in [0.3, 0.4) is 0 Å². The molecule has 0 aliphatic heterocycles. The molecular weight excluding hydrogens is 616 g/mol. The molecule has 0 aliphatic rings. The number of benzene rings is 5. The molecule has 5 aromatic rings. The van der Waals surface area contributed by atoms with Gasteiger partial charge in [0.15, 0.2) is 0 Å². The molecule has 0 fully saturated rings. The third-order valence-electron chi connectivity index (χ3n) is 7.85. The molecule has 0 unspecified atom stereocenters. The summed E-state index contributed by atoms with van der Waals surface area (Å²) in [5.74, 6) is -0.211. The van der Waals surface area contributed by atoms with E-state index in [0.717, 1.165) is 11.1 Å². The van der Waals surface area contributed by atoms with E-state index >= 15 is 0 Å². The molecule has 0 saturated carbocycles. The molecule has 0 aliphatic carbocycles. The van der Waals surface area contributed by atoms with Crippen LogP contribution in [0.25, 0.3) is 0 Å². The van der Waals surface area contributed by atoms with E-state index < -0.39 is 5.97 Å². The first-order valence-corrected chi connectivity index (χ1v) is 15.9. The Kier molecular flexibility index (Phi) is 9.89. The topological polar surface area (TPSA) is 114 Å². The van der Waals surface area contributed by atoms with Crippen molar-refractivity contribution in [1.29, 1.82) is 0 Å². The molecule has 5 rings (SSSR count). The van der Waals surface area contributed by atoms with E-state index in [4.69, 9.17) is 9.47 Å². The number of carbonyl (C=O) groups excluding carboxylic acids is 2. The Morgan fingerprint density at radius 3 is 1.12 bits per heavy atom. The molecular formula is C41H40N2O6. The molecule has 8 heteroatoms. The first-order chi connectivity index (χ1) is 23.1. The van der Waals surface area contributed by atoms with Crippen molar-refractivity contribution in [3.63, 3.8) is 0 Å². The van der Waals surface area contributed by atoms with Crippen molar-refractivity contribution < 1.29 is 29.0 Å². The number of rotatable bonds is 9. The smallest absolute Gasteiger partial charge is 0.335 e. The molecule has 0 atom stereocenters. The fourth-order valence-electron chi connectivity index (χ4n) is 4.95. The van der Waals surface area contributed by atoms with Crippen LogP contribution in [0, 0.1) is 0 Å². The minimum Gasteiger partial charge on any atom is -0.478 e. The maximum absolute atomic E-state index is 12.8. The third-order valence-corrected chi connectivity index (χ3v) is 7.85. The zero-order chi connectivity index (χ0) is 35.3. The first kappa shape index (κ1) is 34.4. The lowest BCUT2D eigenvalue weighted by Gasteiger charge is -2.19. The number of hydrogen-bond donors (Lipinski definition) is 3. The lowest BCUT2D eigenvalue weighted by molar-refractivity contribution is 0.0695. The molecule has 5 aromatic carbocycles. The van der Waals surface area contributed by atoms with Crippen molar-refractivity contribution in [3.8, 4) is 23.0 Å². The Hall–Kier alpha value is -5.89. The van der Waals surface area contributed by atoms with Crippen LogP contribution in [0.5, 0.6) is 23.0 Å². The maximum atomic E-state index is 12.8. The second-order valence-corrected chi connectivity index (χ2v) is 13.8. The van der Waals surface area contributed by atoms with Crippen LogP contribution in [0.1, 0.15) is 83.7 Å². The molecule has 0 bridgehead atoms. The quantitative estimate of drug-likeness (QED) is 0.146. The fraction of sp³-hybridized carbons (Fsp3) is 0.195. The molecule has 3 N–H and O–H groups in total. The minimum atomic E-state index is -1.14. The summed E-state index contributed by atoms with van der Waals surface area (Å²) in [5, 5.41) is 15.5. The molecule has 0 radical (unpaired) electrons. The van der Waals surface area contributed by atoms with Gasteiger partial charge in [-0.05, 0) is 107 Å². The monoisotopic (exact) mass is 656 g/mol. The number of anilines is 2. The molecule has 0 spiro atoms. The number of amides is 2. The second kappa shape index (κ2) is 14.1. The van der Waals surface area contributed by atoms with Gasteiger partial charge in [0.25, 0.3) is 11.8 Å². The summed E-state index contributed by atoms with van der Waals surface area (Å²) >= 11 is 0. The van der Waals surface area contributed by atoms with Gasteiger partial charge in [-0.2, -0.15) is 0 Å². The Labute approximate surface area is 286 Å². The van der Waals surface area contributed by atoms with Gasteiger partial charge in [0.1, 0.15) is 23.0 Å². The lowest BCUT2D eigenvalue weighted by atomic mass is 9.86. The number of carbonyl (C=O) groups is 3. The van der Waals surface area contributed by atoms with Crippen molar-refractivity contribution in [3.05, 3.63) is 143 Å². The molecule has 0 aromatic heterocycles. The highest BCUT2D eigenvalue weighted by Crippen LogP contribution is 2.32. The van der Waals surface area contributed by atoms with Gasteiger partial charge in [-0.25, -0.2) is 4.79 Å². The zero-order valence-corrected chi connectivity index (χ0v) is 28.5. The molecule has 0 saturated heterocycles. The van der Waals surface area contributed by atoms with Gasteiger partial charge < -0.3 is 25.2 Å². The van der Waals surface area contributed by atoms with Crippen molar-refractivity contribution >= 4 is 29.2 Å². The van der Waals surface area contributed by atoms with E-state index in [0.29, 0.717) is 34.0 Å². The predicted octanol–water partition coefficient (Wildman–Crippen LogP) is 10.1. The van der Waals surface area contributed by atoms with Gasteiger partial charge in [-0.3, -0.25) is 9.59 Å². The summed E-state index contributed by atoms with van der Waals surface area (Å²) < 4.78 is 11.9. The molecule has 250 valence electrons. The molecule has 49 heavy (non-hydrogen) atoms. The standard InChI is InChI=1S/C41H40N2O6/c1-40(2,3)29-11-7-26(8-12-29)37(44)42-31-15-19-33(20-16-31)48-35-23-28(39(46)47)24-36(25-35)49-34-21-17-32(18-22-34)43-38(45)27-9-13-30(14-10-27)41(4,5)6/h7-25H,1-6H3,(H,42,44)(H,43,45)(H,46,47). The zero-order valence-electron chi connectivity index (χ0n) is 28.5. The van der Waals surface area contributed by atoms with E-state index in [9.17, 15) is 19.5 Å². The van der Waals surface area contributed by atoms with Crippen LogP contribution in [-0.2, 0) is 10.8 Å². The van der Waals surface area contributed by atoms with E-state index in [1.54, 1.807) is 54.6 Å². The minimum absolute atomic E-state index is 0.00589. The van der Waals surface area contributed by atoms with Gasteiger partial charge in [0.2, 0.25) is 0 Å². The summed E-state index contributed by atoms with van der Waals surface area (Å²) in [5.41, 5.74) is 4.52. The van der Waals surface area contributed by atoms with Crippen molar-refractivity contribution in [2.75, 3.05) is 10.6 Å². The normalized spacial score (nSPS) is 11.4. The number of aromatic carboxylic acids is 1. The lowest BCUT2D eigenvalue weighted by Crippen LogP contribution is -2.14. The maximum Gasteiger partial charge on any atom is 0.335 e. The van der Waals surface area contributed by atoms with Crippen LogP contribution in [0.15, 0.2) is 115 Å².